The van der Waals surface area contributed by atoms with Crippen molar-refractivity contribution in [2.75, 3.05) is 12.3 Å². The number of hydrogen-bond donors (Lipinski definition) is 1. The molecule has 1 atom stereocenters. The number of halogens is 1. The summed E-state index contributed by atoms with van der Waals surface area (Å²) in [6.45, 7) is 4.68. The lowest BCUT2D eigenvalue weighted by Crippen LogP contribution is -2.47. The fourth-order valence-electron chi connectivity index (χ4n) is 2.82. The Morgan fingerprint density at radius 1 is 1.10 bits per heavy atom. The molecule has 2 aromatic carbocycles. The van der Waals surface area contributed by atoms with Crippen molar-refractivity contribution >= 4 is 23.6 Å². The van der Waals surface area contributed by atoms with Gasteiger partial charge in [0, 0.05) is 30.2 Å². The molecule has 0 fully saturated rings. The van der Waals surface area contributed by atoms with Gasteiger partial charge in [-0.2, -0.15) is 0 Å². The molecular weight excluding hydrogens is 387 g/mol. The lowest BCUT2D eigenvalue weighted by Gasteiger charge is -2.29. The van der Waals surface area contributed by atoms with Crippen LogP contribution in [-0.4, -0.2) is 35.1 Å². The number of carbonyl (C=O) groups excluding carboxylic acids is 2. The summed E-state index contributed by atoms with van der Waals surface area (Å²) < 4.78 is 13.2. The highest BCUT2D eigenvalue weighted by Gasteiger charge is 2.25. The number of nitrogens with zero attached hydrogens (tertiary/aromatic N) is 1. The second kappa shape index (κ2) is 12.3. The SMILES string of the molecule is CCCCNC(=O)[C@@H](C)N(Cc1ccc(F)cc1)C(=O)CCSc1ccccc1. The molecular formula is C23H29FN2O2S. The molecule has 1 N–H and O–H groups in total. The zero-order valence-electron chi connectivity index (χ0n) is 17.1. The van der Waals surface area contributed by atoms with Gasteiger partial charge in [0.05, 0.1) is 0 Å². The maximum absolute atomic E-state index is 13.2. The molecule has 0 saturated carbocycles. The summed E-state index contributed by atoms with van der Waals surface area (Å²) >= 11 is 1.61. The summed E-state index contributed by atoms with van der Waals surface area (Å²) in [6, 6.07) is 15.4. The van der Waals surface area contributed by atoms with Crippen molar-refractivity contribution in [1.82, 2.24) is 10.2 Å². The summed E-state index contributed by atoms with van der Waals surface area (Å²) in [5, 5.41) is 2.90. The number of rotatable bonds is 11. The fraction of sp³-hybridized carbons (Fsp3) is 0.391. The molecule has 0 bridgehead atoms. The summed E-state index contributed by atoms with van der Waals surface area (Å²) in [6.07, 6.45) is 2.22. The van der Waals surface area contributed by atoms with Gasteiger partial charge in [-0.15, -0.1) is 11.8 Å². The smallest absolute Gasteiger partial charge is 0.242 e. The van der Waals surface area contributed by atoms with Crippen LogP contribution in [0.5, 0.6) is 0 Å². The molecule has 2 aromatic rings. The van der Waals surface area contributed by atoms with Gasteiger partial charge in [-0.05, 0) is 43.2 Å². The molecule has 156 valence electrons. The van der Waals surface area contributed by atoms with E-state index in [1.165, 1.54) is 12.1 Å². The van der Waals surface area contributed by atoms with E-state index < -0.39 is 6.04 Å². The van der Waals surface area contributed by atoms with Crippen molar-refractivity contribution in [2.24, 2.45) is 0 Å². The van der Waals surface area contributed by atoms with Gasteiger partial charge < -0.3 is 10.2 Å². The van der Waals surface area contributed by atoms with Gasteiger partial charge >= 0.3 is 0 Å². The Hall–Kier alpha value is -2.34. The van der Waals surface area contributed by atoms with Gasteiger partial charge in [0.2, 0.25) is 11.8 Å². The topological polar surface area (TPSA) is 49.4 Å². The molecule has 0 aromatic heterocycles. The average molecular weight is 417 g/mol. The minimum atomic E-state index is -0.592. The van der Waals surface area contributed by atoms with Gasteiger partial charge in [-0.3, -0.25) is 9.59 Å². The van der Waals surface area contributed by atoms with Crippen LogP contribution in [0.15, 0.2) is 59.5 Å². The molecule has 0 saturated heterocycles. The second-order valence-electron chi connectivity index (χ2n) is 6.88. The van der Waals surface area contributed by atoms with Crippen LogP contribution < -0.4 is 5.32 Å². The molecule has 0 heterocycles. The van der Waals surface area contributed by atoms with E-state index in [4.69, 9.17) is 0 Å². The van der Waals surface area contributed by atoms with E-state index in [2.05, 4.69) is 12.2 Å². The molecule has 6 heteroatoms. The number of benzene rings is 2. The first-order valence-electron chi connectivity index (χ1n) is 10.0. The first-order valence-corrected chi connectivity index (χ1v) is 11.0. The third-order valence-corrected chi connectivity index (χ3v) is 5.60. The molecule has 0 aliphatic rings. The van der Waals surface area contributed by atoms with Crippen molar-refractivity contribution < 1.29 is 14.0 Å². The Balaban J connectivity index is 2.02. The summed E-state index contributed by atoms with van der Waals surface area (Å²) in [7, 11) is 0. The van der Waals surface area contributed by atoms with E-state index in [0.29, 0.717) is 18.7 Å². The molecule has 2 amide bonds. The van der Waals surface area contributed by atoms with Gasteiger partial charge in [0.15, 0.2) is 0 Å². The van der Waals surface area contributed by atoms with Crippen molar-refractivity contribution in [1.29, 1.82) is 0 Å². The van der Waals surface area contributed by atoms with E-state index >= 15 is 0 Å². The molecule has 2 rings (SSSR count). The van der Waals surface area contributed by atoms with Crippen LogP contribution in [0.1, 0.15) is 38.7 Å². The zero-order valence-corrected chi connectivity index (χ0v) is 17.9. The largest absolute Gasteiger partial charge is 0.354 e. The Labute approximate surface area is 176 Å². The summed E-state index contributed by atoms with van der Waals surface area (Å²) in [4.78, 5) is 28.2. The Kier molecular flexibility index (Phi) is 9.71. The minimum Gasteiger partial charge on any atom is -0.354 e. The normalized spacial score (nSPS) is 11.7. The Bertz CT molecular complexity index is 768. The number of unbranched alkanes of at least 4 members (excludes halogenated alkanes) is 1. The highest BCUT2D eigenvalue weighted by molar-refractivity contribution is 7.99. The highest BCUT2D eigenvalue weighted by atomic mass is 32.2. The van der Waals surface area contributed by atoms with E-state index in [9.17, 15) is 14.0 Å². The molecule has 0 radical (unpaired) electrons. The standard InChI is InChI=1S/C23H29FN2O2S/c1-3-4-15-25-23(28)18(2)26(17-19-10-12-20(24)13-11-19)22(27)14-16-29-21-8-6-5-7-9-21/h5-13,18H,3-4,14-17H2,1-2H3,(H,25,28)/t18-/m1/s1. The summed E-state index contributed by atoms with van der Waals surface area (Å²) in [5.41, 5.74) is 0.795. The van der Waals surface area contributed by atoms with Crippen molar-refractivity contribution in [2.45, 2.75) is 50.6 Å². The quantitative estimate of drug-likeness (QED) is 0.429. The van der Waals surface area contributed by atoms with Crippen LogP contribution in [0.2, 0.25) is 0 Å². The van der Waals surface area contributed by atoms with Crippen LogP contribution in [0.25, 0.3) is 0 Å². The number of thioether (sulfide) groups is 1. The van der Waals surface area contributed by atoms with E-state index in [1.807, 2.05) is 30.3 Å². The van der Waals surface area contributed by atoms with Gasteiger partial charge in [0.1, 0.15) is 11.9 Å². The van der Waals surface area contributed by atoms with Crippen LogP contribution in [-0.2, 0) is 16.1 Å². The third kappa shape index (κ3) is 7.89. The van der Waals surface area contributed by atoms with Crippen molar-refractivity contribution in [3.05, 3.63) is 66.0 Å². The number of amides is 2. The third-order valence-electron chi connectivity index (χ3n) is 4.59. The van der Waals surface area contributed by atoms with E-state index in [0.717, 1.165) is 23.3 Å². The number of carbonyl (C=O) groups is 2. The Morgan fingerprint density at radius 2 is 1.79 bits per heavy atom. The van der Waals surface area contributed by atoms with Crippen LogP contribution in [0, 0.1) is 5.82 Å². The lowest BCUT2D eigenvalue weighted by molar-refractivity contribution is -0.140. The van der Waals surface area contributed by atoms with Crippen molar-refractivity contribution in [3.8, 4) is 0 Å². The maximum Gasteiger partial charge on any atom is 0.242 e. The predicted molar refractivity (Wildman–Crippen MR) is 116 cm³/mol. The Morgan fingerprint density at radius 3 is 2.45 bits per heavy atom. The number of hydrogen-bond acceptors (Lipinski definition) is 3. The second-order valence-corrected chi connectivity index (χ2v) is 8.05. The molecule has 0 spiro atoms. The van der Waals surface area contributed by atoms with Gasteiger partial charge in [-0.25, -0.2) is 4.39 Å². The van der Waals surface area contributed by atoms with Crippen molar-refractivity contribution in [3.63, 3.8) is 0 Å². The first-order chi connectivity index (χ1) is 14.0. The highest BCUT2D eigenvalue weighted by Crippen LogP contribution is 2.19. The van der Waals surface area contributed by atoms with Gasteiger partial charge in [-0.1, -0.05) is 43.7 Å². The van der Waals surface area contributed by atoms with Crippen LogP contribution >= 0.6 is 11.8 Å². The molecule has 0 aliphatic carbocycles. The van der Waals surface area contributed by atoms with Crippen LogP contribution in [0.4, 0.5) is 4.39 Å². The average Bonchev–Trinajstić information content (AvgIpc) is 2.73. The van der Waals surface area contributed by atoms with E-state index in [-0.39, 0.29) is 24.2 Å². The van der Waals surface area contributed by atoms with E-state index in [1.54, 1.807) is 35.7 Å². The number of nitrogens with one attached hydrogen (secondary N) is 1. The first kappa shape index (κ1) is 22.9. The molecule has 4 nitrogen and oxygen atoms in total. The molecule has 0 unspecified atom stereocenters. The summed E-state index contributed by atoms with van der Waals surface area (Å²) in [5.74, 6) is 0.0594. The zero-order chi connectivity index (χ0) is 21.1. The van der Waals surface area contributed by atoms with Gasteiger partial charge in [0.25, 0.3) is 0 Å². The van der Waals surface area contributed by atoms with Crippen LogP contribution in [0.3, 0.4) is 0 Å². The lowest BCUT2D eigenvalue weighted by atomic mass is 10.1. The maximum atomic E-state index is 13.2. The fourth-order valence-corrected chi connectivity index (χ4v) is 3.68. The molecule has 29 heavy (non-hydrogen) atoms. The molecule has 0 aliphatic heterocycles. The predicted octanol–water partition coefficient (Wildman–Crippen LogP) is 4.64. The monoisotopic (exact) mass is 416 g/mol. The minimum absolute atomic E-state index is 0.0871.